The van der Waals surface area contributed by atoms with Crippen LogP contribution in [0.4, 0.5) is 4.79 Å². The molecule has 0 aliphatic carbocycles. The highest BCUT2D eigenvalue weighted by Gasteiger charge is 2.14. The van der Waals surface area contributed by atoms with Crippen molar-refractivity contribution in [3.8, 4) is 17.2 Å². The number of benzene rings is 2. The van der Waals surface area contributed by atoms with Crippen LogP contribution >= 0.6 is 11.6 Å². The Morgan fingerprint density at radius 3 is 2.50 bits per heavy atom. The van der Waals surface area contributed by atoms with Gasteiger partial charge in [-0.15, -0.1) is 11.6 Å². The van der Waals surface area contributed by atoms with Crippen LogP contribution in [0.25, 0.3) is 0 Å². The SMILES string of the molecule is COc1ccc(C=NCC(CCl)OC(=O)Oc2ccccc2)cc1OC. The first-order valence-corrected chi connectivity index (χ1v) is 8.41. The second-order valence-corrected chi connectivity index (χ2v) is 5.48. The molecule has 0 spiro atoms. The van der Waals surface area contributed by atoms with Crippen LogP contribution in [0.1, 0.15) is 5.56 Å². The number of para-hydroxylation sites is 1. The van der Waals surface area contributed by atoms with E-state index in [2.05, 4.69) is 4.99 Å². The number of ether oxygens (including phenoxy) is 4. The van der Waals surface area contributed by atoms with Gasteiger partial charge in [0.1, 0.15) is 11.9 Å². The van der Waals surface area contributed by atoms with Crippen molar-refractivity contribution in [1.29, 1.82) is 0 Å². The predicted octanol–water partition coefficient (Wildman–Crippen LogP) is 3.95. The highest BCUT2D eigenvalue weighted by molar-refractivity contribution is 6.18. The zero-order valence-electron chi connectivity index (χ0n) is 14.6. The van der Waals surface area contributed by atoms with Crippen molar-refractivity contribution >= 4 is 24.0 Å². The second kappa shape index (κ2) is 10.3. The van der Waals surface area contributed by atoms with Crippen molar-refractivity contribution in [3.05, 3.63) is 54.1 Å². The van der Waals surface area contributed by atoms with Crippen molar-refractivity contribution < 1.29 is 23.7 Å². The molecule has 0 fully saturated rings. The minimum atomic E-state index is -0.817. The summed E-state index contributed by atoms with van der Waals surface area (Å²) < 4.78 is 20.7. The summed E-state index contributed by atoms with van der Waals surface area (Å²) in [5.74, 6) is 1.75. The molecule has 0 amide bonds. The Hall–Kier alpha value is -2.73. The van der Waals surface area contributed by atoms with E-state index in [0.717, 1.165) is 5.56 Å². The standard InChI is InChI=1S/C19H20ClNO5/c1-23-17-9-8-14(10-18(17)24-2)12-21-13-16(11-20)26-19(22)25-15-6-4-3-5-7-15/h3-10,12,16H,11,13H2,1-2H3. The smallest absolute Gasteiger partial charge is 0.493 e. The summed E-state index contributed by atoms with van der Waals surface area (Å²) in [6, 6.07) is 14.1. The Kier molecular flexibility index (Phi) is 7.76. The first-order chi connectivity index (χ1) is 12.7. The topological polar surface area (TPSA) is 66.4 Å². The fraction of sp³-hybridized carbons (Fsp3) is 0.263. The molecule has 0 radical (unpaired) electrons. The minimum Gasteiger partial charge on any atom is -0.493 e. The Morgan fingerprint density at radius 2 is 1.85 bits per heavy atom. The number of aliphatic imine (C=N–C) groups is 1. The van der Waals surface area contributed by atoms with Crippen molar-refractivity contribution in [1.82, 2.24) is 0 Å². The number of rotatable bonds is 8. The molecule has 2 rings (SSSR count). The van der Waals surface area contributed by atoms with Crippen molar-refractivity contribution in [2.24, 2.45) is 4.99 Å². The van der Waals surface area contributed by atoms with E-state index >= 15 is 0 Å². The third kappa shape index (κ3) is 5.97. The molecule has 26 heavy (non-hydrogen) atoms. The van der Waals surface area contributed by atoms with E-state index in [9.17, 15) is 4.79 Å². The molecular formula is C19H20ClNO5. The van der Waals surface area contributed by atoms with E-state index in [0.29, 0.717) is 17.2 Å². The third-order valence-electron chi connectivity index (χ3n) is 3.34. The van der Waals surface area contributed by atoms with Gasteiger partial charge in [0, 0.05) is 6.21 Å². The molecule has 138 valence electrons. The molecule has 7 heteroatoms. The van der Waals surface area contributed by atoms with Gasteiger partial charge in [-0.1, -0.05) is 18.2 Å². The van der Waals surface area contributed by atoms with E-state index in [-0.39, 0.29) is 12.4 Å². The monoisotopic (exact) mass is 377 g/mol. The Labute approximate surface area is 157 Å². The Bertz CT molecular complexity index is 736. The lowest BCUT2D eigenvalue weighted by Crippen LogP contribution is -2.25. The summed E-state index contributed by atoms with van der Waals surface area (Å²) in [6.45, 7) is 0.210. The summed E-state index contributed by atoms with van der Waals surface area (Å²) >= 11 is 5.84. The number of carbonyl (C=O) groups is 1. The fourth-order valence-electron chi connectivity index (χ4n) is 2.07. The van der Waals surface area contributed by atoms with Gasteiger partial charge in [0.2, 0.25) is 0 Å². The molecule has 2 aromatic carbocycles. The highest BCUT2D eigenvalue weighted by atomic mass is 35.5. The highest BCUT2D eigenvalue weighted by Crippen LogP contribution is 2.26. The maximum Gasteiger partial charge on any atom is 0.514 e. The molecule has 1 atom stereocenters. The van der Waals surface area contributed by atoms with Crippen LogP contribution in [-0.4, -0.2) is 45.1 Å². The molecule has 0 saturated heterocycles. The Morgan fingerprint density at radius 1 is 1.12 bits per heavy atom. The minimum absolute atomic E-state index is 0.104. The lowest BCUT2D eigenvalue weighted by molar-refractivity contribution is 0.0705. The summed E-state index contributed by atoms with van der Waals surface area (Å²) in [5, 5.41) is 0. The molecule has 0 saturated carbocycles. The summed E-state index contributed by atoms with van der Waals surface area (Å²) in [7, 11) is 3.14. The fourth-order valence-corrected chi connectivity index (χ4v) is 2.23. The first kappa shape index (κ1) is 19.6. The average Bonchev–Trinajstić information content (AvgIpc) is 2.67. The lowest BCUT2D eigenvalue weighted by atomic mass is 10.2. The molecule has 0 aliphatic heterocycles. The van der Waals surface area contributed by atoms with E-state index in [1.165, 1.54) is 0 Å². The Balaban J connectivity index is 1.89. The van der Waals surface area contributed by atoms with Gasteiger partial charge in [0.05, 0.1) is 26.6 Å². The molecule has 1 unspecified atom stereocenters. The summed E-state index contributed by atoms with van der Waals surface area (Å²) in [6.07, 6.45) is 0.236. The zero-order chi connectivity index (χ0) is 18.8. The van der Waals surface area contributed by atoms with Crippen LogP contribution in [0, 0.1) is 0 Å². The lowest BCUT2D eigenvalue weighted by Gasteiger charge is -2.13. The molecule has 2 aromatic rings. The van der Waals surface area contributed by atoms with Gasteiger partial charge in [-0.05, 0) is 35.9 Å². The third-order valence-corrected chi connectivity index (χ3v) is 3.68. The van der Waals surface area contributed by atoms with Crippen LogP contribution in [0.3, 0.4) is 0 Å². The molecule has 0 bridgehead atoms. The molecule has 6 nitrogen and oxygen atoms in total. The zero-order valence-corrected chi connectivity index (χ0v) is 15.3. The largest absolute Gasteiger partial charge is 0.514 e. The van der Waals surface area contributed by atoms with Gasteiger partial charge in [-0.25, -0.2) is 4.79 Å². The van der Waals surface area contributed by atoms with Crippen LogP contribution in [-0.2, 0) is 4.74 Å². The number of methoxy groups -OCH3 is 2. The van der Waals surface area contributed by atoms with Crippen LogP contribution < -0.4 is 14.2 Å². The summed E-state index contributed by atoms with van der Waals surface area (Å²) in [4.78, 5) is 16.0. The van der Waals surface area contributed by atoms with Crippen LogP contribution in [0.15, 0.2) is 53.5 Å². The van der Waals surface area contributed by atoms with Crippen molar-refractivity contribution in [3.63, 3.8) is 0 Å². The molecular weight excluding hydrogens is 358 g/mol. The van der Waals surface area contributed by atoms with E-state index in [4.69, 9.17) is 30.5 Å². The van der Waals surface area contributed by atoms with Crippen LogP contribution in [0.5, 0.6) is 17.2 Å². The number of halogens is 1. The van der Waals surface area contributed by atoms with Crippen LogP contribution in [0.2, 0.25) is 0 Å². The molecule has 0 aliphatic rings. The molecule has 0 aromatic heterocycles. The van der Waals surface area contributed by atoms with Gasteiger partial charge in [-0.3, -0.25) is 4.99 Å². The van der Waals surface area contributed by atoms with E-state index in [1.54, 1.807) is 56.8 Å². The maximum atomic E-state index is 11.8. The number of hydrogen-bond donors (Lipinski definition) is 0. The number of nitrogens with zero attached hydrogens (tertiary/aromatic N) is 1. The van der Waals surface area contributed by atoms with Gasteiger partial charge in [0.15, 0.2) is 11.5 Å². The average molecular weight is 378 g/mol. The van der Waals surface area contributed by atoms with E-state index in [1.807, 2.05) is 12.1 Å². The van der Waals surface area contributed by atoms with Crippen molar-refractivity contribution in [2.45, 2.75) is 6.10 Å². The summed E-state index contributed by atoms with van der Waals surface area (Å²) in [5.41, 5.74) is 0.822. The first-order valence-electron chi connectivity index (χ1n) is 7.87. The van der Waals surface area contributed by atoms with Gasteiger partial charge in [-0.2, -0.15) is 0 Å². The number of hydrogen-bond acceptors (Lipinski definition) is 6. The van der Waals surface area contributed by atoms with Gasteiger partial charge in [0.25, 0.3) is 0 Å². The van der Waals surface area contributed by atoms with Gasteiger partial charge < -0.3 is 18.9 Å². The number of alkyl halides is 1. The van der Waals surface area contributed by atoms with E-state index < -0.39 is 12.3 Å². The van der Waals surface area contributed by atoms with Gasteiger partial charge >= 0.3 is 6.16 Å². The normalized spacial score (nSPS) is 11.8. The quantitative estimate of drug-likeness (QED) is 0.301. The second-order valence-electron chi connectivity index (χ2n) is 5.17. The number of carbonyl (C=O) groups excluding carboxylic acids is 1. The maximum absolute atomic E-state index is 11.8. The predicted molar refractivity (Wildman–Crippen MR) is 100 cm³/mol. The molecule has 0 N–H and O–H groups in total. The molecule has 0 heterocycles. The van der Waals surface area contributed by atoms with Crippen molar-refractivity contribution in [2.75, 3.05) is 26.6 Å².